The topological polar surface area (TPSA) is 116 Å². The van der Waals surface area contributed by atoms with Crippen molar-refractivity contribution >= 4 is 35.4 Å². The van der Waals surface area contributed by atoms with E-state index < -0.39 is 65.5 Å². The minimum absolute atomic E-state index is 0.101. The second-order valence-electron chi connectivity index (χ2n) is 6.16. The van der Waals surface area contributed by atoms with E-state index in [2.05, 4.69) is 0 Å². The number of para-hydroxylation sites is 1. The fourth-order valence-electron chi connectivity index (χ4n) is 2.86. The molecule has 0 aromatic heterocycles. The van der Waals surface area contributed by atoms with Crippen molar-refractivity contribution in [1.82, 2.24) is 0 Å². The smallest absolute Gasteiger partial charge is 0.418 e. The van der Waals surface area contributed by atoms with Gasteiger partial charge in [-0.05, 0) is 12.1 Å². The van der Waals surface area contributed by atoms with Gasteiger partial charge in [-0.25, -0.2) is 4.90 Å². The first-order valence-electron chi connectivity index (χ1n) is 8.40. The van der Waals surface area contributed by atoms with E-state index in [9.17, 15) is 37.1 Å². The molecule has 2 atom stereocenters. The van der Waals surface area contributed by atoms with Crippen LogP contribution in [0.4, 0.5) is 18.9 Å². The molecule has 1 fully saturated rings. The van der Waals surface area contributed by atoms with Crippen LogP contribution in [0.2, 0.25) is 0 Å². The first-order chi connectivity index (χ1) is 13.8. The molecule has 1 saturated heterocycles. The van der Waals surface area contributed by atoms with Crippen LogP contribution < -0.4 is 4.90 Å². The van der Waals surface area contributed by atoms with Crippen molar-refractivity contribution in [3.8, 4) is 0 Å². The number of carbonyl (C=O) groups is 5. The van der Waals surface area contributed by atoms with Gasteiger partial charge >= 0.3 is 24.1 Å². The Morgan fingerprint density at radius 1 is 0.833 bits per heavy atom. The Morgan fingerprint density at radius 3 is 1.67 bits per heavy atom. The van der Waals surface area contributed by atoms with Gasteiger partial charge < -0.3 is 14.2 Å². The van der Waals surface area contributed by atoms with E-state index in [1.54, 1.807) is 0 Å². The molecule has 30 heavy (non-hydrogen) atoms. The molecule has 1 heterocycles. The lowest BCUT2D eigenvalue weighted by atomic mass is 9.97. The fourth-order valence-corrected chi connectivity index (χ4v) is 2.86. The first kappa shape index (κ1) is 22.8. The van der Waals surface area contributed by atoms with Gasteiger partial charge in [0, 0.05) is 20.8 Å². The molecule has 162 valence electrons. The summed E-state index contributed by atoms with van der Waals surface area (Å²) in [6.07, 6.45) is -10.9. The summed E-state index contributed by atoms with van der Waals surface area (Å²) in [5.74, 6) is -5.92. The quantitative estimate of drug-likeness (QED) is 0.399. The van der Waals surface area contributed by atoms with E-state index in [1.165, 1.54) is 0 Å². The van der Waals surface area contributed by atoms with E-state index in [-0.39, 0.29) is 4.90 Å². The van der Waals surface area contributed by atoms with E-state index in [1.807, 2.05) is 0 Å². The summed E-state index contributed by atoms with van der Waals surface area (Å²) in [7, 11) is 0. The highest BCUT2D eigenvalue weighted by molar-refractivity contribution is 6.21. The van der Waals surface area contributed by atoms with Crippen molar-refractivity contribution in [1.29, 1.82) is 0 Å². The lowest BCUT2D eigenvalue weighted by Crippen LogP contribution is -2.65. The minimum Gasteiger partial charge on any atom is -0.453 e. The second-order valence-corrected chi connectivity index (χ2v) is 6.16. The van der Waals surface area contributed by atoms with E-state index >= 15 is 0 Å². The maximum atomic E-state index is 13.4. The van der Waals surface area contributed by atoms with Crippen LogP contribution in [0.5, 0.6) is 0 Å². The summed E-state index contributed by atoms with van der Waals surface area (Å²) in [6.45, 7) is 2.70. The molecule has 0 unspecified atom stereocenters. The molecule has 0 spiro atoms. The molecule has 0 bridgehead atoms. The number of piperidine rings is 1. The van der Waals surface area contributed by atoms with Gasteiger partial charge in [0.2, 0.25) is 12.2 Å². The summed E-state index contributed by atoms with van der Waals surface area (Å²) < 4.78 is 54.8. The molecule has 9 nitrogen and oxygen atoms in total. The Bertz CT molecular complexity index is 862. The highest BCUT2D eigenvalue weighted by Crippen LogP contribution is 2.38. The molecule has 0 radical (unpaired) electrons. The Labute approximate surface area is 167 Å². The van der Waals surface area contributed by atoms with Crippen LogP contribution in [0.3, 0.4) is 0 Å². The standard InChI is InChI=1S/C18H16F3NO8/c1-8(23)28-13-14(29-9(2)24)16(26)22(17(27)15(13)30-10(3)25)12-7-5-4-6-11(12)18(19,20)21/h4-7,13-15H,1-3H3/t14-,15-/m0/s1. The van der Waals surface area contributed by atoms with Gasteiger partial charge in [0.1, 0.15) is 0 Å². The van der Waals surface area contributed by atoms with E-state index in [0.29, 0.717) is 6.07 Å². The minimum atomic E-state index is -4.95. The largest absolute Gasteiger partial charge is 0.453 e. The number of ether oxygens (including phenoxy) is 3. The molecule has 1 aromatic carbocycles. The average molecular weight is 431 g/mol. The van der Waals surface area contributed by atoms with Crippen LogP contribution in [0.15, 0.2) is 24.3 Å². The molecule has 12 heteroatoms. The fraction of sp³-hybridized carbons (Fsp3) is 0.389. The van der Waals surface area contributed by atoms with Crippen LogP contribution in [-0.2, 0) is 44.4 Å². The summed E-state index contributed by atoms with van der Waals surface area (Å²) in [6, 6.07) is 3.67. The van der Waals surface area contributed by atoms with Gasteiger partial charge in [-0.3, -0.25) is 24.0 Å². The van der Waals surface area contributed by atoms with Crippen LogP contribution in [0, 0.1) is 0 Å². The lowest BCUT2D eigenvalue weighted by Gasteiger charge is -2.39. The zero-order valence-electron chi connectivity index (χ0n) is 15.9. The highest BCUT2D eigenvalue weighted by atomic mass is 19.4. The number of hydrogen-bond acceptors (Lipinski definition) is 8. The van der Waals surface area contributed by atoms with Crippen LogP contribution in [-0.4, -0.2) is 48.0 Å². The zero-order chi connectivity index (χ0) is 22.8. The summed E-state index contributed by atoms with van der Waals surface area (Å²) >= 11 is 0. The molecular weight excluding hydrogens is 415 g/mol. The third-order valence-corrected chi connectivity index (χ3v) is 3.86. The Balaban J connectivity index is 2.67. The average Bonchev–Trinajstić information content (AvgIpc) is 2.60. The number of anilines is 1. The molecule has 1 aromatic rings. The van der Waals surface area contributed by atoms with Crippen molar-refractivity contribution in [3.05, 3.63) is 29.8 Å². The number of amides is 2. The van der Waals surface area contributed by atoms with Crippen LogP contribution in [0.25, 0.3) is 0 Å². The number of esters is 3. The summed E-state index contributed by atoms with van der Waals surface area (Å²) in [4.78, 5) is 60.3. The number of rotatable bonds is 4. The van der Waals surface area contributed by atoms with Crippen molar-refractivity contribution in [2.75, 3.05) is 4.90 Å². The van der Waals surface area contributed by atoms with Gasteiger partial charge in [0.05, 0.1) is 11.3 Å². The number of halogens is 3. The molecule has 0 saturated carbocycles. The molecule has 1 aliphatic rings. The van der Waals surface area contributed by atoms with E-state index in [4.69, 9.17) is 14.2 Å². The molecule has 0 N–H and O–H groups in total. The Morgan fingerprint density at radius 2 is 1.27 bits per heavy atom. The van der Waals surface area contributed by atoms with Crippen molar-refractivity contribution < 1.29 is 51.4 Å². The maximum absolute atomic E-state index is 13.4. The second kappa shape index (κ2) is 8.51. The van der Waals surface area contributed by atoms with Gasteiger partial charge in [0.25, 0.3) is 11.8 Å². The molecule has 1 aliphatic heterocycles. The Kier molecular flexibility index (Phi) is 6.48. The van der Waals surface area contributed by atoms with Crippen LogP contribution in [0.1, 0.15) is 26.3 Å². The predicted octanol–water partition coefficient (Wildman–Crippen LogP) is 1.37. The first-order valence-corrected chi connectivity index (χ1v) is 8.40. The van der Waals surface area contributed by atoms with Gasteiger partial charge in [-0.2, -0.15) is 13.2 Å². The number of benzene rings is 1. The SMILES string of the molecule is CC(=O)OC1[C@H](OC(C)=O)C(=O)N(c2ccccc2C(F)(F)F)C(=O)[C@H]1OC(C)=O. The van der Waals surface area contributed by atoms with E-state index in [0.717, 1.165) is 39.0 Å². The number of hydrogen-bond donors (Lipinski definition) is 0. The molecule has 2 amide bonds. The maximum Gasteiger partial charge on any atom is 0.418 e. The molecular formula is C18H16F3NO8. The normalized spacial score (nSPS) is 20.0. The zero-order valence-corrected chi connectivity index (χ0v) is 15.9. The third kappa shape index (κ3) is 4.75. The highest BCUT2D eigenvalue weighted by Gasteiger charge is 2.55. The van der Waals surface area contributed by atoms with Crippen molar-refractivity contribution in [2.24, 2.45) is 0 Å². The number of imide groups is 1. The predicted molar refractivity (Wildman–Crippen MR) is 90.6 cm³/mol. The molecule has 0 aliphatic carbocycles. The van der Waals surface area contributed by atoms with Crippen LogP contribution >= 0.6 is 0 Å². The number of alkyl halides is 3. The number of carbonyl (C=O) groups excluding carboxylic acids is 5. The summed E-state index contributed by atoms with van der Waals surface area (Å²) in [5.41, 5.74) is -2.20. The van der Waals surface area contributed by atoms with Gasteiger partial charge in [-0.15, -0.1) is 0 Å². The van der Waals surface area contributed by atoms with Crippen molar-refractivity contribution in [2.45, 2.75) is 45.3 Å². The summed E-state index contributed by atoms with van der Waals surface area (Å²) in [5, 5.41) is 0. The molecule has 2 rings (SSSR count). The van der Waals surface area contributed by atoms with Gasteiger partial charge in [-0.1, -0.05) is 12.1 Å². The number of nitrogens with zero attached hydrogens (tertiary/aromatic N) is 1. The van der Waals surface area contributed by atoms with Gasteiger partial charge in [0.15, 0.2) is 6.10 Å². The lowest BCUT2D eigenvalue weighted by molar-refractivity contribution is -0.191. The Hall–Kier alpha value is -3.44. The van der Waals surface area contributed by atoms with Crippen molar-refractivity contribution in [3.63, 3.8) is 0 Å². The third-order valence-electron chi connectivity index (χ3n) is 3.86. The monoisotopic (exact) mass is 431 g/mol.